The van der Waals surface area contributed by atoms with Crippen molar-refractivity contribution in [3.63, 3.8) is 0 Å². The van der Waals surface area contributed by atoms with Crippen molar-refractivity contribution in [1.29, 1.82) is 5.26 Å². The minimum Gasteiger partial charge on any atom is -0.460 e. The molecule has 0 saturated heterocycles. The maximum Gasteiger partial charge on any atom is 0.511 e. The van der Waals surface area contributed by atoms with Gasteiger partial charge in [0.15, 0.2) is 11.9 Å². The van der Waals surface area contributed by atoms with E-state index in [1.165, 1.54) is 24.4 Å². The van der Waals surface area contributed by atoms with Gasteiger partial charge >= 0.3 is 24.1 Å². The minimum atomic E-state index is -1.33. The molecule has 0 bridgehead atoms. The van der Waals surface area contributed by atoms with Gasteiger partial charge in [-0.15, -0.1) is 0 Å². The van der Waals surface area contributed by atoms with Crippen LogP contribution >= 0.6 is 0 Å². The quantitative estimate of drug-likeness (QED) is 0.0795. The van der Waals surface area contributed by atoms with Crippen LogP contribution in [0.5, 0.6) is 5.75 Å². The summed E-state index contributed by atoms with van der Waals surface area (Å²) in [6.45, 7) is 6.55. The van der Waals surface area contributed by atoms with Crippen LogP contribution in [0.15, 0.2) is 30.5 Å². The van der Waals surface area contributed by atoms with E-state index in [1.807, 2.05) is 6.07 Å². The van der Waals surface area contributed by atoms with Gasteiger partial charge in [-0.3, -0.25) is 19.7 Å². The van der Waals surface area contributed by atoms with Crippen molar-refractivity contribution in [2.75, 3.05) is 25.3 Å². The van der Waals surface area contributed by atoms with Gasteiger partial charge < -0.3 is 40.5 Å². The molecule has 17 heteroatoms. The zero-order valence-corrected chi connectivity index (χ0v) is 29.0. The van der Waals surface area contributed by atoms with Crippen molar-refractivity contribution in [3.05, 3.63) is 53.0 Å². The van der Waals surface area contributed by atoms with Crippen LogP contribution in [0.25, 0.3) is 0 Å². The van der Waals surface area contributed by atoms with Crippen LogP contribution in [0.3, 0.4) is 0 Å². The number of carbonyl (C=O) groups excluding carboxylic acids is 5. The van der Waals surface area contributed by atoms with Gasteiger partial charge in [0, 0.05) is 30.1 Å². The first-order chi connectivity index (χ1) is 24.2. The number of benzene rings is 1. The molecule has 3 rings (SSSR count). The average Bonchev–Trinajstić information content (AvgIpc) is 3.85. The average molecular weight is 715 g/mol. The fraction of sp³-hybridized carbons (Fsp3) is 0.500. The van der Waals surface area contributed by atoms with Gasteiger partial charge in [-0.25, -0.2) is 19.0 Å². The molecule has 16 nitrogen and oxygen atoms in total. The van der Waals surface area contributed by atoms with E-state index in [0.29, 0.717) is 12.0 Å². The molecule has 276 valence electrons. The molecule has 0 aliphatic heterocycles. The zero-order valence-electron chi connectivity index (χ0n) is 29.0. The molecule has 1 aromatic carbocycles. The van der Waals surface area contributed by atoms with Crippen LogP contribution in [0.1, 0.15) is 74.9 Å². The number of ether oxygens (including phenoxy) is 5. The lowest BCUT2D eigenvalue weighted by Gasteiger charge is -2.21. The number of hydrogen-bond donors (Lipinski definition) is 4. The second-order valence-electron chi connectivity index (χ2n) is 12.4. The minimum absolute atomic E-state index is 0.00671. The standard InChI is InChI=1S/C34H43FN6O10/c1-6-25(42)21-8-9-23(35)27(22-11-24(22)40-33(45)41-26-10-7-19(12-36)13-39-26)30(21)49-16-50-34(46)51-20(14-47-31(43)28(37)17(2)3)15-48-32(44)29(38)18(4)5/h7-10,13,17-18,20,22,24,28-29H,6,11,14-16,37-38H2,1-5H3,(H2,39,40,41,45)/t22?,24?,28-,29-/m0/s1. The molecule has 1 saturated carbocycles. The Morgan fingerprint density at radius 2 is 1.61 bits per heavy atom. The first kappa shape index (κ1) is 40.1. The predicted octanol–water partition coefficient (Wildman–Crippen LogP) is 3.27. The summed E-state index contributed by atoms with van der Waals surface area (Å²) in [5.74, 6) is -3.73. The maximum absolute atomic E-state index is 15.3. The number of ketones is 1. The fourth-order valence-electron chi connectivity index (χ4n) is 4.52. The number of nitrogens with zero attached hydrogens (tertiary/aromatic N) is 2. The first-order valence-corrected chi connectivity index (χ1v) is 16.3. The number of nitrogens with one attached hydrogen (secondary N) is 2. The molecule has 1 aliphatic rings. The first-order valence-electron chi connectivity index (χ1n) is 16.3. The molecule has 4 atom stereocenters. The monoisotopic (exact) mass is 714 g/mol. The van der Waals surface area contributed by atoms with E-state index in [9.17, 15) is 24.0 Å². The third kappa shape index (κ3) is 11.6. The Morgan fingerprint density at radius 3 is 2.14 bits per heavy atom. The summed E-state index contributed by atoms with van der Waals surface area (Å²) in [6.07, 6.45) is -1.01. The predicted molar refractivity (Wildman–Crippen MR) is 178 cm³/mol. The lowest BCUT2D eigenvalue weighted by Crippen LogP contribution is -2.41. The van der Waals surface area contributed by atoms with E-state index >= 15 is 4.39 Å². The van der Waals surface area contributed by atoms with E-state index in [2.05, 4.69) is 15.6 Å². The molecule has 2 aromatic rings. The second-order valence-corrected chi connectivity index (χ2v) is 12.4. The molecule has 1 heterocycles. The number of aromatic nitrogens is 1. The topological polar surface area (TPSA) is 244 Å². The summed E-state index contributed by atoms with van der Waals surface area (Å²) < 4.78 is 41.5. The summed E-state index contributed by atoms with van der Waals surface area (Å²) in [7, 11) is 0. The van der Waals surface area contributed by atoms with E-state index in [-0.39, 0.29) is 46.7 Å². The molecule has 1 fully saturated rings. The van der Waals surface area contributed by atoms with Crippen molar-refractivity contribution < 1.29 is 52.0 Å². The van der Waals surface area contributed by atoms with Crippen molar-refractivity contribution in [3.8, 4) is 11.8 Å². The van der Waals surface area contributed by atoms with E-state index in [1.54, 1.807) is 34.6 Å². The Balaban J connectivity index is 1.68. The van der Waals surface area contributed by atoms with Crippen molar-refractivity contribution in [1.82, 2.24) is 10.3 Å². The number of hydrogen-bond acceptors (Lipinski definition) is 14. The summed E-state index contributed by atoms with van der Waals surface area (Å²) >= 11 is 0. The van der Waals surface area contributed by atoms with E-state index in [0.717, 1.165) is 6.07 Å². The van der Waals surface area contributed by atoms with Crippen LogP contribution in [0, 0.1) is 29.0 Å². The number of nitriles is 1. The molecule has 2 unspecified atom stereocenters. The second kappa shape index (κ2) is 18.6. The SMILES string of the molecule is CCC(=O)c1ccc(F)c(C2CC2NC(=O)Nc2ccc(C#N)cn2)c1OCOC(=O)OC(COC(=O)[C@@H](N)C(C)C)COC(=O)[C@@H](N)C(C)C. The largest absolute Gasteiger partial charge is 0.511 e. The Bertz CT molecular complexity index is 1580. The third-order valence-corrected chi connectivity index (χ3v) is 7.82. The highest BCUT2D eigenvalue weighted by Crippen LogP contribution is 2.47. The summed E-state index contributed by atoms with van der Waals surface area (Å²) in [5.41, 5.74) is 12.0. The normalized spacial score (nSPS) is 16.0. The van der Waals surface area contributed by atoms with Crippen LogP contribution in [-0.2, 0) is 28.5 Å². The Labute approximate surface area is 294 Å². The number of rotatable bonds is 17. The Morgan fingerprint density at radius 1 is 0.980 bits per heavy atom. The number of urea groups is 1. The number of carbonyl (C=O) groups is 5. The summed E-state index contributed by atoms with van der Waals surface area (Å²) in [5, 5.41) is 14.1. The number of anilines is 1. The number of pyridine rings is 1. The van der Waals surface area contributed by atoms with Gasteiger partial charge in [0.25, 0.3) is 0 Å². The van der Waals surface area contributed by atoms with Crippen LogP contribution in [0.2, 0.25) is 0 Å². The fourth-order valence-corrected chi connectivity index (χ4v) is 4.52. The third-order valence-electron chi connectivity index (χ3n) is 7.82. The van der Waals surface area contributed by atoms with Gasteiger partial charge in [-0.05, 0) is 42.5 Å². The molecule has 2 amide bonds. The molecule has 1 aliphatic carbocycles. The number of esters is 2. The van der Waals surface area contributed by atoms with Crippen LogP contribution in [0.4, 0.5) is 19.8 Å². The number of Topliss-reactive ketones (excluding diaryl/α,β-unsaturated/α-hetero) is 1. The summed E-state index contributed by atoms with van der Waals surface area (Å²) in [4.78, 5) is 66.6. The van der Waals surface area contributed by atoms with Crippen LogP contribution < -0.4 is 26.8 Å². The highest BCUT2D eigenvalue weighted by Gasteiger charge is 2.44. The lowest BCUT2D eigenvalue weighted by molar-refractivity contribution is -0.156. The zero-order chi connectivity index (χ0) is 37.8. The van der Waals surface area contributed by atoms with Gasteiger partial charge in [-0.2, -0.15) is 5.26 Å². The van der Waals surface area contributed by atoms with Gasteiger partial charge in [0.05, 0.1) is 11.1 Å². The highest BCUT2D eigenvalue weighted by atomic mass is 19.1. The van der Waals surface area contributed by atoms with E-state index in [4.69, 9.17) is 40.4 Å². The van der Waals surface area contributed by atoms with Gasteiger partial charge in [0.2, 0.25) is 6.79 Å². The highest BCUT2D eigenvalue weighted by molar-refractivity contribution is 5.99. The van der Waals surface area contributed by atoms with Crippen LogP contribution in [-0.4, -0.2) is 79.1 Å². The lowest BCUT2D eigenvalue weighted by atomic mass is 10.00. The molecular weight excluding hydrogens is 671 g/mol. The molecule has 51 heavy (non-hydrogen) atoms. The van der Waals surface area contributed by atoms with Gasteiger partial charge in [-0.1, -0.05) is 34.6 Å². The molecule has 6 N–H and O–H groups in total. The summed E-state index contributed by atoms with van der Waals surface area (Å²) in [6, 6.07) is 4.12. The molecule has 0 spiro atoms. The number of halogens is 1. The van der Waals surface area contributed by atoms with Crippen molar-refractivity contribution >= 4 is 35.7 Å². The number of amides is 2. The molecular formula is C34H43FN6O10. The smallest absolute Gasteiger partial charge is 0.460 e. The molecule has 1 aromatic heterocycles. The maximum atomic E-state index is 15.3. The number of nitrogens with two attached hydrogens (primary N) is 2. The molecule has 0 radical (unpaired) electrons. The Kier molecular flexibility index (Phi) is 14.6. The van der Waals surface area contributed by atoms with Crippen molar-refractivity contribution in [2.45, 2.75) is 77.6 Å². The van der Waals surface area contributed by atoms with Gasteiger partial charge in [0.1, 0.15) is 48.8 Å². The van der Waals surface area contributed by atoms with Crippen molar-refractivity contribution in [2.24, 2.45) is 23.3 Å². The van der Waals surface area contributed by atoms with E-state index < -0.39 is 80.1 Å². The Hall–Kier alpha value is -5.34.